The Kier molecular flexibility index (Phi) is 3.23. The molecule has 0 aliphatic rings. The van der Waals surface area contributed by atoms with E-state index in [1.165, 1.54) is 0 Å². The number of rotatable bonds is 0. The molecular weight excluding hydrogens is 294 g/mol. The predicted molar refractivity (Wildman–Crippen MR) is 76.0 cm³/mol. The summed E-state index contributed by atoms with van der Waals surface area (Å²) < 4.78 is 7.95. The Balaban J connectivity index is 2.46. The van der Waals surface area contributed by atoms with Gasteiger partial charge in [-0.2, -0.15) is 0 Å². The summed E-state index contributed by atoms with van der Waals surface area (Å²) in [7, 11) is 0. The molecule has 0 saturated carbocycles. The molecule has 0 unspecified atom stereocenters. The number of carbonyl (C=O) groups is 1. The molecule has 4 heteroatoms. The number of aromatic nitrogens is 1. The monoisotopic (exact) mass is 309 g/mol. The van der Waals surface area contributed by atoms with E-state index >= 15 is 0 Å². The normalized spacial score (nSPS) is 11.8. The third-order valence-corrected chi connectivity index (χ3v) is 3.42. The summed E-state index contributed by atoms with van der Waals surface area (Å²) in [6, 6.07) is 5.89. The Morgan fingerprint density at radius 1 is 1.33 bits per heavy atom. The van der Waals surface area contributed by atoms with Crippen LogP contribution in [0.4, 0.5) is 4.79 Å². The molecule has 1 heterocycles. The van der Waals surface area contributed by atoms with Crippen molar-refractivity contribution in [1.82, 2.24) is 4.57 Å². The fourth-order valence-electron chi connectivity index (χ4n) is 1.73. The molecule has 3 nitrogen and oxygen atoms in total. The fraction of sp³-hybridized carbons (Fsp3) is 0.357. The molecule has 0 aliphatic heterocycles. The minimum absolute atomic E-state index is 0.348. The zero-order valence-electron chi connectivity index (χ0n) is 11.0. The number of hydrogen-bond acceptors (Lipinski definition) is 2. The van der Waals surface area contributed by atoms with Crippen LogP contribution in [0.15, 0.2) is 28.9 Å². The summed E-state index contributed by atoms with van der Waals surface area (Å²) >= 11 is 3.49. The lowest BCUT2D eigenvalue weighted by Gasteiger charge is -2.19. The summed E-state index contributed by atoms with van der Waals surface area (Å²) in [5, 5.41) is 1.01. The highest BCUT2D eigenvalue weighted by atomic mass is 79.9. The van der Waals surface area contributed by atoms with Gasteiger partial charge < -0.3 is 4.74 Å². The van der Waals surface area contributed by atoms with Crippen LogP contribution in [0.2, 0.25) is 0 Å². The molecule has 2 rings (SSSR count). The molecule has 0 amide bonds. The van der Waals surface area contributed by atoms with Gasteiger partial charge in [0.1, 0.15) is 5.60 Å². The van der Waals surface area contributed by atoms with Gasteiger partial charge in [-0.05, 0) is 51.5 Å². The number of aryl methyl sites for hydroxylation is 1. The van der Waals surface area contributed by atoms with Gasteiger partial charge in [0, 0.05) is 16.1 Å². The van der Waals surface area contributed by atoms with Gasteiger partial charge in [-0.25, -0.2) is 4.79 Å². The third kappa shape index (κ3) is 2.58. The lowest BCUT2D eigenvalue weighted by Crippen LogP contribution is -2.26. The molecule has 0 bridgehead atoms. The number of hydrogen-bond donors (Lipinski definition) is 0. The first kappa shape index (κ1) is 13.1. The smallest absolute Gasteiger partial charge is 0.418 e. The van der Waals surface area contributed by atoms with Gasteiger partial charge in [0.25, 0.3) is 0 Å². The van der Waals surface area contributed by atoms with Crippen molar-refractivity contribution in [2.75, 3.05) is 0 Å². The van der Waals surface area contributed by atoms with Crippen molar-refractivity contribution in [2.24, 2.45) is 0 Å². The Morgan fingerprint density at radius 3 is 2.61 bits per heavy atom. The number of nitrogens with zero attached hydrogens (tertiary/aromatic N) is 1. The molecule has 1 aromatic carbocycles. The van der Waals surface area contributed by atoms with Crippen LogP contribution < -0.4 is 0 Å². The lowest BCUT2D eigenvalue weighted by molar-refractivity contribution is 0.0544. The number of fused-ring (bicyclic) bond motifs is 1. The zero-order chi connectivity index (χ0) is 13.5. The summed E-state index contributed by atoms with van der Waals surface area (Å²) in [4.78, 5) is 12.1. The summed E-state index contributed by atoms with van der Waals surface area (Å²) in [6.45, 7) is 7.57. The maximum absolute atomic E-state index is 12.1. The predicted octanol–water partition coefficient (Wildman–Crippen LogP) is 4.50. The number of halogens is 1. The molecule has 0 atom stereocenters. The molecule has 0 N–H and O–H groups in total. The van der Waals surface area contributed by atoms with Crippen molar-refractivity contribution in [1.29, 1.82) is 0 Å². The molecule has 0 spiro atoms. The zero-order valence-corrected chi connectivity index (χ0v) is 12.5. The molecule has 0 saturated heterocycles. The van der Waals surface area contributed by atoms with Crippen molar-refractivity contribution < 1.29 is 9.53 Å². The molecule has 0 fully saturated rings. The van der Waals surface area contributed by atoms with Crippen molar-refractivity contribution in [3.63, 3.8) is 0 Å². The van der Waals surface area contributed by atoms with Crippen LogP contribution in [0.1, 0.15) is 26.3 Å². The number of carbonyl (C=O) groups excluding carboxylic acids is 1. The van der Waals surface area contributed by atoms with Crippen molar-refractivity contribution in [2.45, 2.75) is 33.3 Å². The van der Waals surface area contributed by atoms with Crippen LogP contribution in [0.5, 0.6) is 0 Å². The molecule has 1 aromatic heterocycles. The molecule has 0 aliphatic carbocycles. The van der Waals surface area contributed by atoms with E-state index in [9.17, 15) is 4.79 Å². The van der Waals surface area contributed by atoms with Crippen molar-refractivity contribution >= 4 is 32.9 Å². The van der Waals surface area contributed by atoms with Crippen LogP contribution in [0, 0.1) is 6.92 Å². The SMILES string of the molecule is Cc1cc2c(ccn2C(=O)OC(C)(C)C)cc1Br. The van der Waals surface area contributed by atoms with E-state index < -0.39 is 5.60 Å². The minimum atomic E-state index is -0.488. The van der Waals surface area contributed by atoms with E-state index in [1.54, 1.807) is 10.8 Å². The van der Waals surface area contributed by atoms with Crippen molar-refractivity contribution in [3.05, 3.63) is 34.4 Å². The topological polar surface area (TPSA) is 31.2 Å². The molecule has 96 valence electrons. The van der Waals surface area contributed by atoms with Gasteiger partial charge in [0.15, 0.2) is 0 Å². The van der Waals surface area contributed by atoms with Gasteiger partial charge in [0.05, 0.1) is 5.52 Å². The van der Waals surface area contributed by atoms with Crippen LogP contribution in [-0.2, 0) is 4.74 Å². The van der Waals surface area contributed by atoms with E-state index in [2.05, 4.69) is 15.9 Å². The third-order valence-electron chi connectivity index (χ3n) is 2.56. The summed E-state index contributed by atoms with van der Waals surface area (Å²) in [5.74, 6) is 0. The number of ether oxygens (including phenoxy) is 1. The maximum atomic E-state index is 12.1. The van der Waals surface area contributed by atoms with E-state index in [0.717, 1.165) is 20.9 Å². The Hall–Kier alpha value is -1.29. The quantitative estimate of drug-likeness (QED) is 0.717. The molecule has 2 aromatic rings. The van der Waals surface area contributed by atoms with E-state index in [1.807, 2.05) is 45.9 Å². The molecular formula is C14H16BrNO2. The number of benzene rings is 1. The van der Waals surface area contributed by atoms with Crippen LogP contribution in [0.25, 0.3) is 10.9 Å². The van der Waals surface area contributed by atoms with Crippen molar-refractivity contribution in [3.8, 4) is 0 Å². The fourth-order valence-corrected chi connectivity index (χ4v) is 2.09. The molecule has 0 radical (unpaired) electrons. The Morgan fingerprint density at radius 2 is 2.00 bits per heavy atom. The standard InChI is InChI=1S/C14H16BrNO2/c1-9-7-12-10(8-11(9)15)5-6-16(12)13(17)18-14(2,3)4/h5-8H,1-4H3. The lowest BCUT2D eigenvalue weighted by atomic mass is 10.2. The van der Waals surface area contributed by atoms with Gasteiger partial charge in [-0.1, -0.05) is 15.9 Å². The van der Waals surface area contributed by atoms with Gasteiger partial charge in [-0.15, -0.1) is 0 Å². The average Bonchev–Trinajstić information content (AvgIpc) is 2.59. The van der Waals surface area contributed by atoms with Gasteiger partial charge >= 0.3 is 6.09 Å². The van der Waals surface area contributed by atoms with Gasteiger partial charge in [0.2, 0.25) is 0 Å². The Labute approximate surface area is 115 Å². The highest BCUT2D eigenvalue weighted by Crippen LogP contribution is 2.25. The second-order valence-corrected chi connectivity index (χ2v) is 6.18. The van der Waals surface area contributed by atoms with Crippen LogP contribution in [-0.4, -0.2) is 16.3 Å². The van der Waals surface area contributed by atoms with Gasteiger partial charge in [-0.3, -0.25) is 4.57 Å². The molecule has 18 heavy (non-hydrogen) atoms. The first-order chi connectivity index (χ1) is 8.28. The van der Waals surface area contributed by atoms with E-state index in [-0.39, 0.29) is 6.09 Å². The van der Waals surface area contributed by atoms with E-state index in [4.69, 9.17) is 4.74 Å². The first-order valence-corrected chi connectivity index (χ1v) is 6.58. The maximum Gasteiger partial charge on any atom is 0.418 e. The highest BCUT2D eigenvalue weighted by Gasteiger charge is 2.19. The largest absolute Gasteiger partial charge is 0.443 e. The summed E-state index contributed by atoms with van der Waals surface area (Å²) in [5.41, 5.74) is 1.47. The van der Waals surface area contributed by atoms with Crippen LogP contribution >= 0.6 is 15.9 Å². The minimum Gasteiger partial charge on any atom is -0.443 e. The summed E-state index contributed by atoms with van der Waals surface area (Å²) in [6.07, 6.45) is 1.39. The average molecular weight is 310 g/mol. The highest BCUT2D eigenvalue weighted by molar-refractivity contribution is 9.10. The van der Waals surface area contributed by atoms with Crippen LogP contribution in [0.3, 0.4) is 0 Å². The second-order valence-electron chi connectivity index (χ2n) is 5.33. The first-order valence-electron chi connectivity index (χ1n) is 5.78. The van der Waals surface area contributed by atoms with E-state index in [0.29, 0.717) is 0 Å². The second kappa shape index (κ2) is 4.43. The Bertz CT molecular complexity index is 608.